The van der Waals surface area contributed by atoms with Crippen molar-refractivity contribution in [3.05, 3.63) is 23.8 Å². The zero-order valence-electron chi connectivity index (χ0n) is 35.6. The minimum atomic E-state index is -1.81. The maximum absolute atomic E-state index is 11.6. The third-order valence-corrected chi connectivity index (χ3v) is 17.1. The molecule has 0 amide bonds. The van der Waals surface area contributed by atoms with E-state index in [0.717, 1.165) is 49.7 Å². The summed E-state index contributed by atoms with van der Waals surface area (Å²) in [6, 6.07) is 0. The zero-order valence-corrected chi connectivity index (χ0v) is 35.6. The van der Waals surface area contributed by atoms with Gasteiger partial charge in [0.15, 0.2) is 24.7 Å². The van der Waals surface area contributed by atoms with Gasteiger partial charge in [0.05, 0.1) is 44.2 Å². The molecule has 9 aliphatic rings. The Morgan fingerprint density at radius 1 is 0.803 bits per heavy atom. The van der Waals surface area contributed by atoms with Crippen molar-refractivity contribution in [3.63, 3.8) is 0 Å². The van der Waals surface area contributed by atoms with Gasteiger partial charge < -0.3 is 83.9 Å². The lowest BCUT2D eigenvalue weighted by molar-refractivity contribution is -0.381. The van der Waals surface area contributed by atoms with E-state index >= 15 is 0 Å². The number of aliphatic hydroxyl groups excluding tert-OH is 9. The van der Waals surface area contributed by atoms with Crippen LogP contribution < -0.4 is 0 Å². The predicted molar refractivity (Wildman–Crippen MR) is 210 cm³/mol. The van der Waals surface area contributed by atoms with Crippen LogP contribution in [0.4, 0.5) is 0 Å². The lowest BCUT2D eigenvalue weighted by Gasteiger charge is -2.60. The van der Waals surface area contributed by atoms with Crippen LogP contribution >= 0.6 is 0 Å². The van der Waals surface area contributed by atoms with Gasteiger partial charge in [-0.3, -0.25) is 0 Å². The number of fused-ring (bicyclic) bond motifs is 7. The first kappa shape index (κ1) is 45.0. The summed E-state index contributed by atoms with van der Waals surface area (Å²) in [7, 11) is 0. The molecule has 17 nitrogen and oxygen atoms in total. The maximum atomic E-state index is 11.6. The van der Waals surface area contributed by atoms with Crippen LogP contribution in [0.1, 0.15) is 79.1 Å². The number of hydrogen-bond donors (Lipinski definition) is 9. The van der Waals surface area contributed by atoms with E-state index in [9.17, 15) is 46.0 Å². The van der Waals surface area contributed by atoms with Gasteiger partial charge in [-0.2, -0.15) is 0 Å². The topological polar surface area (TPSA) is 256 Å². The van der Waals surface area contributed by atoms with Crippen molar-refractivity contribution in [3.8, 4) is 0 Å². The standard InChI is InChI=1S/C44H68O17/c1-18-8-11-44(55-16-18)19(2)30-27(61-44)14-25-23-7-6-21-12-22(46)13-29(43(21,5)24(23)9-10-42(25,30)4)58-41-38(32(49)26(47)17-54-41)60-40-36(53)37(31(48)20(3)56-40)59-39-35(52)34(51)33(50)28(15-45)57-39/h6,19-20,22-41,45-53H,1,7-17H2,2-5H3. The Morgan fingerprint density at radius 2 is 1.54 bits per heavy atom. The molecule has 0 aromatic heterocycles. The van der Waals surface area contributed by atoms with Crippen molar-refractivity contribution in [2.24, 2.45) is 40.4 Å². The fourth-order valence-corrected chi connectivity index (χ4v) is 13.7. The summed E-state index contributed by atoms with van der Waals surface area (Å²) in [5, 5.41) is 97.1. The Kier molecular flexibility index (Phi) is 12.2. The van der Waals surface area contributed by atoms with E-state index in [1.807, 2.05) is 0 Å². The molecule has 9 N–H and O–H groups in total. The van der Waals surface area contributed by atoms with E-state index in [1.165, 1.54) is 6.92 Å². The number of aliphatic hydroxyl groups is 9. The smallest absolute Gasteiger partial charge is 0.187 e. The second kappa shape index (κ2) is 16.6. The first-order valence-electron chi connectivity index (χ1n) is 22.5. The molecule has 346 valence electrons. The highest BCUT2D eigenvalue weighted by atomic mass is 16.8. The Hall–Kier alpha value is -1.20. The minimum Gasteiger partial charge on any atom is -0.394 e. The lowest BCUT2D eigenvalue weighted by Crippen LogP contribution is -2.65. The zero-order chi connectivity index (χ0) is 43.5. The minimum absolute atomic E-state index is 0.0559. The highest BCUT2D eigenvalue weighted by Crippen LogP contribution is 2.71. The lowest BCUT2D eigenvalue weighted by atomic mass is 9.46. The van der Waals surface area contributed by atoms with Gasteiger partial charge in [-0.25, -0.2) is 0 Å². The van der Waals surface area contributed by atoms with Crippen LogP contribution in [0.15, 0.2) is 23.8 Å². The number of hydrogen-bond acceptors (Lipinski definition) is 17. The summed E-state index contributed by atoms with van der Waals surface area (Å²) < 4.78 is 49.7. The van der Waals surface area contributed by atoms with Crippen LogP contribution in [0.25, 0.3) is 0 Å². The molecule has 25 atom stereocenters. The van der Waals surface area contributed by atoms with Crippen molar-refractivity contribution in [2.45, 2.75) is 189 Å². The van der Waals surface area contributed by atoms with Crippen LogP contribution in [0.3, 0.4) is 0 Å². The van der Waals surface area contributed by atoms with Crippen molar-refractivity contribution >= 4 is 0 Å². The Morgan fingerprint density at radius 3 is 2.26 bits per heavy atom. The van der Waals surface area contributed by atoms with Gasteiger partial charge >= 0.3 is 0 Å². The summed E-state index contributed by atoms with van der Waals surface area (Å²) in [5.41, 5.74) is 1.79. The highest BCUT2D eigenvalue weighted by Gasteiger charge is 2.69. The van der Waals surface area contributed by atoms with E-state index in [2.05, 4.69) is 33.4 Å². The molecule has 0 radical (unpaired) electrons. The normalized spacial score (nSPS) is 57.2. The molecule has 5 heterocycles. The van der Waals surface area contributed by atoms with Gasteiger partial charge in [-0.15, -0.1) is 0 Å². The molecule has 5 saturated heterocycles. The van der Waals surface area contributed by atoms with Crippen molar-refractivity contribution in [2.75, 3.05) is 19.8 Å². The molecule has 9 rings (SSSR count). The van der Waals surface area contributed by atoms with Gasteiger partial charge in [0.2, 0.25) is 0 Å². The molecule has 0 aromatic rings. The second-order valence-corrected chi connectivity index (χ2v) is 20.3. The summed E-state index contributed by atoms with van der Waals surface area (Å²) in [4.78, 5) is 0. The van der Waals surface area contributed by atoms with Gasteiger partial charge in [0, 0.05) is 24.2 Å². The molecular formula is C44H68O17. The van der Waals surface area contributed by atoms with Crippen LogP contribution in [-0.4, -0.2) is 176 Å². The molecule has 4 aliphatic carbocycles. The quantitative estimate of drug-likeness (QED) is 0.150. The average molecular weight is 869 g/mol. The fraction of sp³-hybridized carbons (Fsp3) is 0.909. The van der Waals surface area contributed by atoms with Crippen LogP contribution in [0.2, 0.25) is 0 Å². The molecule has 61 heavy (non-hydrogen) atoms. The highest BCUT2D eigenvalue weighted by molar-refractivity contribution is 5.29. The van der Waals surface area contributed by atoms with Crippen LogP contribution in [-0.2, 0) is 37.9 Å². The number of rotatable bonds is 7. The van der Waals surface area contributed by atoms with E-state index in [0.29, 0.717) is 37.2 Å². The monoisotopic (exact) mass is 868 g/mol. The largest absolute Gasteiger partial charge is 0.394 e. The molecule has 5 aliphatic heterocycles. The summed E-state index contributed by atoms with van der Waals surface area (Å²) in [5.74, 6) is 1.01. The molecule has 17 heteroatoms. The molecule has 25 unspecified atom stereocenters. The van der Waals surface area contributed by atoms with Crippen molar-refractivity contribution in [1.82, 2.24) is 0 Å². The third-order valence-electron chi connectivity index (χ3n) is 17.1. The Bertz CT molecular complexity index is 1640. The molecule has 0 aromatic carbocycles. The Labute approximate surface area is 356 Å². The van der Waals surface area contributed by atoms with E-state index < -0.39 is 116 Å². The van der Waals surface area contributed by atoms with Crippen molar-refractivity contribution in [1.29, 1.82) is 0 Å². The van der Waals surface area contributed by atoms with Gasteiger partial charge in [0.1, 0.15) is 61.0 Å². The molecule has 0 bridgehead atoms. The summed E-state index contributed by atoms with van der Waals surface area (Å²) >= 11 is 0. The third kappa shape index (κ3) is 7.25. The van der Waals surface area contributed by atoms with Crippen molar-refractivity contribution < 1.29 is 83.9 Å². The first-order chi connectivity index (χ1) is 28.9. The van der Waals surface area contributed by atoms with Gasteiger partial charge in [-0.1, -0.05) is 44.6 Å². The van der Waals surface area contributed by atoms with E-state index in [-0.39, 0.29) is 30.0 Å². The van der Waals surface area contributed by atoms with Crippen LogP contribution in [0, 0.1) is 40.4 Å². The molecule has 3 saturated carbocycles. The number of ether oxygens (including phenoxy) is 8. The fourth-order valence-electron chi connectivity index (χ4n) is 13.7. The average Bonchev–Trinajstić information content (AvgIpc) is 3.68. The molecule has 1 spiro atoms. The number of allylic oxidation sites excluding steroid dienone is 1. The molecular weight excluding hydrogens is 800 g/mol. The van der Waals surface area contributed by atoms with Gasteiger partial charge in [-0.05, 0) is 74.5 Å². The second-order valence-electron chi connectivity index (χ2n) is 20.3. The van der Waals surface area contributed by atoms with Gasteiger partial charge in [0.25, 0.3) is 0 Å². The predicted octanol–water partition coefficient (Wildman–Crippen LogP) is -0.256. The Balaban J connectivity index is 0.934. The summed E-state index contributed by atoms with van der Waals surface area (Å²) in [6.45, 7) is 12.2. The summed E-state index contributed by atoms with van der Waals surface area (Å²) in [6.07, 6.45) is -13.9. The molecule has 8 fully saturated rings. The van der Waals surface area contributed by atoms with E-state index in [1.54, 1.807) is 0 Å². The SMILES string of the molecule is C=C1CCC2(OC1)OC1CC3C4CC=C5CC(O)CC(OC6OCC(O)C(O)C6OC6OC(C)C(O)C(OC7OC(CO)C(O)C(O)C7O)C6O)C5(C)C4CCC3(C)C1C2C. The first-order valence-corrected chi connectivity index (χ1v) is 22.5. The van der Waals surface area contributed by atoms with Crippen LogP contribution in [0.5, 0.6) is 0 Å². The van der Waals surface area contributed by atoms with E-state index in [4.69, 9.17) is 37.9 Å². The maximum Gasteiger partial charge on any atom is 0.187 e.